The molecule has 0 amide bonds. The van der Waals surface area contributed by atoms with E-state index >= 15 is 0 Å². The maximum atomic E-state index is 14.1. The van der Waals surface area contributed by atoms with Gasteiger partial charge in [0, 0.05) is 12.1 Å². The Bertz CT molecular complexity index is 1470. The summed E-state index contributed by atoms with van der Waals surface area (Å²) in [4.78, 5) is 37.4. The number of hydrogen-bond donors (Lipinski definition) is 2. The molecule has 0 spiro atoms. The van der Waals surface area contributed by atoms with Crippen molar-refractivity contribution < 1.29 is 23.5 Å². The van der Waals surface area contributed by atoms with E-state index in [0.29, 0.717) is 17.3 Å². The van der Waals surface area contributed by atoms with Gasteiger partial charge in [-0.15, -0.1) is 0 Å². The molecule has 3 N–H and O–H groups in total. The molecule has 0 fully saturated rings. The number of carboxylic acids is 1. The zero-order chi connectivity index (χ0) is 25.1. The van der Waals surface area contributed by atoms with E-state index in [9.17, 15) is 28.3 Å². The second-order valence-electron chi connectivity index (χ2n) is 7.93. The van der Waals surface area contributed by atoms with E-state index in [2.05, 4.69) is 0 Å². The van der Waals surface area contributed by atoms with Gasteiger partial charge in [0.1, 0.15) is 17.5 Å². The van der Waals surface area contributed by atoms with Gasteiger partial charge in [0.15, 0.2) is 5.78 Å². The summed E-state index contributed by atoms with van der Waals surface area (Å²) in [6, 6.07) is 20.3. The first-order valence-corrected chi connectivity index (χ1v) is 10.6. The van der Waals surface area contributed by atoms with Gasteiger partial charge in [-0.3, -0.25) is 19.0 Å². The van der Waals surface area contributed by atoms with Crippen LogP contribution in [0, 0.1) is 11.6 Å². The number of ketones is 1. The summed E-state index contributed by atoms with van der Waals surface area (Å²) in [6.45, 7) is 0. The highest BCUT2D eigenvalue weighted by Crippen LogP contribution is 2.25. The van der Waals surface area contributed by atoms with Crippen LogP contribution in [0.25, 0.3) is 5.69 Å². The fraction of sp³-hybridized carbons (Fsp3) is 0.0741. The number of carbonyl (C=O) groups excluding carboxylic acids is 1. The Balaban J connectivity index is 1.69. The summed E-state index contributed by atoms with van der Waals surface area (Å²) < 4.78 is 28.5. The summed E-state index contributed by atoms with van der Waals surface area (Å²) in [6.07, 6.45) is 0.283. The Morgan fingerprint density at radius 1 is 0.886 bits per heavy atom. The lowest BCUT2D eigenvalue weighted by Gasteiger charge is -2.16. The monoisotopic (exact) mass is 474 g/mol. The van der Waals surface area contributed by atoms with Gasteiger partial charge in [0.25, 0.3) is 5.56 Å². The van der Waals surface area contributed by atoms with Gasteiger partial charge in [-0.25, -0.2) is 8.78 Å². The Kier molecular flexibility index (Phi) is 6.55. The second-order valence-corrected chi connectivity index (χ2v) is 7.93. The number of carbonyl (C=O) groups is 2. The number of pyridine rings is 1. The van der Waals surface area contributed by atoms with Crippen molar-refractivity contribution in [2.24, 2.45) is 0 Å². The van der Waals surface area contributed by atoms with Crippen molar-refractivity contribution in [2.75, 3.05) is 5.73 Å². The summed E-state index contributed by atoms with van der Waals surface area (Å²) in [7, 11) is 0. The first-order valence-electron chi connectivity index (χ1n) is 10.6. The van der Waals surface area contributed by atoms with Crippen LogP contribution in [0.3, 0.4) is 0 Å². The summed E-state index contributed by atoms with van der Waals surface area (Å²) in [5.74, 6) is -4.71. The number of rotatable bonds is 7. The topological polar surface area (TPSA) is 102 Å². The number of carboxylic acid groups (broad SMARTS) is 1. The van der Waals surface area contributed by atoms with Crippen molar-refractivity contribution in [1.29, 1.82) is 0 Å². The lowest BCUT2D eigenvalue weighted by atomic mass is 9.92. The van der Waals surface area contributed by atoms with Crippen LogP contribution in [-0.4, -0.2) is 21.4 Å². The molecule has 0 aliphatic rings. The molecule has 0 bridgehead atoms. The molecule has 176 valence electrons. The fourth-order valence-corrected chi connectivity index (χ4v) is 3.88. The van der Waals surface area contributed by atoms with Crippen molar-refractivity contribution >= 4 is 17.6 Å². The Hall–Kier alpha value is -4.59. The molecule has 3 aromatic carbocycles. The molecular weight excluding hydrogens is 454 g/mol. The van der Waals surface area contributed by atoms with Crippen LogP contribution >= 0.6 is 0 Å². The van der Waals surface area contributed by atoms with E-state index in [-0.39, 0.29) is 23.4 Å². The van der Waals surface area contributed by atoms with E-state index in [1.54, 1.807) is 12.1 Å². The van der Waals surface area contributed by atoms with Crippen molar-refractivity contribution in [2.45, 2.75) is 12.3 Å². The van der Waals surface area contributed by atoms with E-state index in [0.717, 1.165) is 28.3 Å². The first-order chi connectivity index (χ1) is 16.8. The highest BCUT2D eigenvalue weighted by molar-refractivity contribution is 6.11. The maximum Gasteiger partial charge on any atom is 0.311 e. The molecule has 35 heavy (non-hydrogen) atoms. The predicted octanol–water partition coefficient (Wildman–Crippen LogP) is 4.34. The second kappa shape index (κ2) is 9.72. The predicted molar refractivity (Wildman–Crippen MR) is 127 cm³/mol. The van der Waals surface area contributed by atoms with Gasteiger partial charge >= 0.3 is 5.97 Å². The molecule has 1 atom stereocenters. The largest absolute Gasteiger partial charge is 0.481 e. The molecule has 0 aliphatic heterocycles. The van der Waals surface area contributed by atoms with E-state index in [4.69, 9.17) is 5.73 Å². The molecule has 1 heterocycles. The van der Waals surface area contributed by atoms with E-state index in [1.807, 2.05) is 30.3 Å². The normalized spacial score (nSPS) is 11.7. The molecule has 0 aliphatic carbocycles. The number of nitrogen functional groups attached to an aromatic ring is 1. The molecule has 8 heteroatoms. The highest BCUT2D eigenvalue weighted by atomic mass is 19.1. The van der Waals surface area contributed by atoms with Gasteiger partial charge in [0.2, 0.25) is 0 Å². The third kappa shape index (κ3) is 4.86. The molecule has 0 radical (unpaired) electrons. The van der Waals surface area contributed by atoms with Crippen LogP contribution in [0.15, 0.2) is 89.7 Å². The van der Waals surface area contributed by atoms with Crippen LogP contribution in [0.4, 0.5) is 14.6 Å². The minimum Gasteiger partial charge on any atom is -0.481 e. The van der Waals surface area contributed by atoms with Crippen LogP contribution in [0.2, 0.25) is 0 Å². The quantitative estimate of drug-likeness (QED) is 0.388. The average Bonchev–Trinajstić information content (AvgIpc) is 2.83. The van der Waals surface area contributed by atoms with Gasteiger partial charge in [0.05, 0.1) is 22.7 Å². The number of nitrogens with zero attached hydrogens (tertiary/aromatic N) is 1. The highest BCUT2D eigenvalue weighted by Gasteiger charge is 2.22. The third-order valence-corrected chi connectivity index (χ3v) is 5.68. The molecular formula is C27H20F2N2O4. The third-order valence-electron chi connectivity index (χ3n) is 5.68. The maximum absolute atomic E-state index is 14.1. The average molecular weight is 474 g/mol. The number of aliphatic carboxylic acids is 1. The zero-order valence-corrected chi connectivity index (χ0v) is 18.3. The Morgan fingerprint density at radius 3 is 2.17 bits per heavy atom. The molecule has 0 saturated carbocycles. The smallest absolute Gasteiger partial charge is 0.311 e. The van der Waals surface area contributed by atoms with Gasteiger partial charge < -0.3 is 10.8 Å². The Labute approximate surface area is 198 Å². The summed E-state index contributed by atoms with van der Waals surface area (Å²) in [5, 5.41) is 9.74. The van der Waals surface area contributed by atoms with Gasteiger partial charge in [-0.05, 0) is 47.9 Å². The first kappa shape index (κ1) is 23.6. The standard InChI is InChI=1S/C27H20F2N2O4/c28-18-8-11-20(23(29)15-18)25(33)21-12-13-24(32)31(26(21)30)19-9-6-17(7-10-19)22(27(34)35)14-16-4-2-1-3-5-16/h1-13,15,22H,14,30H2,(H,34,35). The van der Waals surface area contributed by atoms with Crippen molar-refractivity contribution in [3.8, 4) is 5.69 Å². The SMILES string of the molecule is Nc1c(C(=O)c2ccc(F)cc2F)ccc(=O)n1-c1ccc(C(Cc2ccccc2)C(=O)O)cc1. The van der Waals surface area contributed by atoms with Crippen molar-refractivity contribution in [3.63, 3.8) is 0 Å². The lowest BCUT2D eigenvalue weighted by Crippen LogP contribution is -2.24. The van der Waals surface area contributed by atoms with Crippen LogP contribution in [-0.2, 0) is 11.2 Å². The molecule has 6 nitrogen and oxygen atoms in total. The van der Waals surface area contributed by atoms with E-state index in [1.165, 1.54) is 18.2 Å². The number of anilines is 1. The van der Waals surface area contributed by atoms with Crippen molar-refractivity contribution in [3.05, 3.63) is 129 Å². The van der Waals surface area contributed by atoms with Gasteiger partial charge in [-0.1, -0.05) is 42.5 Å². The molecule has 4 rings (SSSR count). The fourth-order valence-electron chi connectivity index (χ4n) is 3.88. The summed E-state index contributed by atoms with van der Waals surface area (Å²) in [5.41, 5.74) is 6.77. The summed E-state index contributed by atoms with van der Waals surface area (Å²) >= 11 is 0. The number of benzene rings is 3. The number of hydrogen-bond acceptors (Lipinski definition) is 4. The van der Waals surface area contributed by atoms with Crippen LogP contribution in [0.5, 0.6) is 0 Å². The van der Waals surface area contributed by atoms with Crippen molar-refractivity contribution in [1.82, 2.24) is 4.57 Å². The lowest BCUT2D eigenvalue weighted by molar-refractivity contribution is -0.138. The molecule has 1 unspecified atom stereocenters. The van der Waals surface area contributed by atoms with Gasteiger partial charge in [-0.2, -0.15) is 0 Å². The number of aromatic nitrogens is 1. The Morgan fingerprint density at radius 2 is 1.54 bits per heavy atom. The number of halogens is 2. The zero-order valence-electron chi connectivity index (χ0n) is 18.3. The minimum atomic E-state index is -1.05. The molecule has 1 aromatic heterocycles. The molecule has 4 aromatic rings. The minimum absolute atomic E-state index is 0.133. The number of nitrogens with two attached hydrogens (primary N) is 1. The molecule has 0 saturated heterocycles. The van der Waals surface area contributed by atoms with E-state index < -0.39 is 34.9 Å². The van der Waals surface area contributed by atoms with Crippen LogP contribution in [0.1, 0.15) is 33.0 Å². The van der Waals surface area contributed by atoms with Crippen LogP contribution < -0.4 is 11.3 Å².